The third-order valence-corrected chi connectivity index (χ3v) is 6.93. The van der Waals surface area contributed by atoms with Gasteiger partial charge in [0.15, 0.2) is 11.6 Å². The Hall–Kier alpha value is -3.76. The van der Waals surface area contributed by atoms with Crippen LogP contribution in [0.4, 0.5) is 14.6 Å². The van der Waals surface area contributed by atoms with Gasteiger partial charge in [-0.1, -0.05) is 11.6 Å². The van der Waals surface area contributed by atoms with Crippen LogP contribution in [0.2, 0.25) is 0 Å². The van der Waals surface area contributed by atoms with Crippen LogP contribution in [0, 0.1) is 12.7 Å². The fraction of sp³-hybridized carbons (Fsp3) is 0.400. The number of aryl methyl sites for hydroxylation is 1. The summed E-state index contributed by atoms with van der Waals surface area (Å²) in [6.07, 6.45) is 7.75. The second-order valence-corrected chi connectivity index (χ2v) is 10.1. The second-order valence-electron chi connectivity index (χ2n) is 10.1. The number of nitrogens with zero attached hydrogens (tertiary/aromatic N) is 6. The normalized spacial score (nSPS) is 15.2. The van der Waals surface area contributed by atoms with E-state index in [4.69, 9.17) is 5.11 Å². The molecular weight excluding hydrogens is 512 g/mol. The first kappa shape index (κ1) is 29.2. The Balaban J connectivity index is 1.48. The monoisotopic (exact) mass is 549 g/mol. The molecule has 1 aromatic carbocycles. The van der Waals surface area contributed by atoms with Crippen molar-refractivity contribution >= 4 is 35.4 Å². The van der Waals surface area contributed by atoms with Crippen LogP contribution in [0.5, 0.6) is 0 Å². The van der Waals surface area contributed by atoms with Gasteiger partial charge in [-0.15, -0.1) is 0 Å². The van der Waals surface area contributed by atoms with E-state index in [2.05, 4.69) is 43.0 Å². The summed E-state index contributed by atoms with van der Waals surface area (Å²) in [7, 11) is 0. The largest absolute Gasteiger partial charge is 0.396 e. The molecule has 1 aliphatic rings. The number of piperidine rings is 1. The van der Waals surface area contributed by atoms with Crippen LogP contribution in [0.25, 0.3) is 17.1 Å². The SMILES string of the molecule is C=N/C=C(/F)C(=NCNc1ccc(C=C2CCN(CCCO)CC2)cn1)c1cc(F)c2nc(C)n(C(C)C)c2c1. The van der Waals surface area contributed by atoms with Crippen molar-refractivity contribution in [1.29, 1.82) is 0 Å². The minimum atomic E-state index is -0.722. The lowest BCUT2D eigenvalue weighted by Gasteiger charge is -2.28. The van der Waals surface area contributed by atoms with Crippen LogP contribution < -0.4 is 5.32 Å². The summed E-state index contributed by atoms with van der Waals surface area (Å²) < 4.78 is 32.0. The zero-order chi connectivity index (χ0) is 28.6. The molecule has 1 fully saturated rings. The number of aliphatic hydroxyl groups is 1. The molecule has 3 heterocycles. The number of allylic oxidation sites excluding steroid dienone is 1. The number of nitrogens with one attached hydrogen (secondary N) is 1. The third kappa shape index (κ3) is 7.05. The van der Waals surface area contributed by atoms with E-state index in [1.54, 1.807) is 12.3 Å². The van der Waals surface area contributed by atoms with E-state index in [1.165, 1.54) is 11.6 Å². The van der Waals surface area contributed by atoms with Gasteiger partial charge < -0.3 is 19.9 Å². The second kappa shape index (κ2) is 13.5. The van der Waals surface area contributed by atoms with Crippen LogP contribution in [0.1, 0.15) is 56.1 Å². The molecule has 0 radical (unpaired) electrons. The van der Waals surface area contributed by atoms with Gasteiger partial charge in [-0.25, -0.2) is 18.7 Å². The molecular formula is C30H37F2N7O. The molecule has 2 N–H and O–H groups in total. The molecule has 3 aromatic rings. The van der Waals surface area contributed by atoms with E-state index in [0.29, 0.717) is 17.2 Å². The Morgan fingerprint density at radius 3 is 2.67 bits per heavy atom. The summed E-state index contributed by atoms with van der Waals surface area (Å²) in [5.74, 6) is 0.00144. The van der Waals surface area contributed by atoms with Gasteiger partial charge in [-0.3, -0.25) is 9.98 Å². The fourth-order valence-electron chi connectivity index (χ4n) is 5.04. The van der Waals surface area contributed by atoms with Crippen molar-refractivity contribution < 1.29 is 13.9 Å². The van der Waals surface area contributed by atoms with Crippen molar-refractivity contribution in [2.75, 3.05) is 38.2 Å². The van der Waals surface area contributed by atoms with E-state index >= 15 is 8.78 Å². The maximum Gasteiger partial charge on any atom is 0.167 e. The van der Waals surface area contributed by atoms with E-state index in [0.717, 1.165) is 50.7 Å². The molecule has 40 heavy (non-hydrogen) atoms. The quantitative estimate of drug-likeness (QED) is 0.300. The van der Waals surface area contributed by atoms with Gasteiger partial charge in [0, 0.05) is 44.0 Å². The number of pyridine rings is 1. The highest BCUT2D eigenvalue weighted by atomic mass is 19.1. The number of benzene rings is 1. The lowest BCUT2D eigenvalue weighted by atomic mass is 10.0. The summed E-state index contributed by atoms with van der Waals surface area (Å²) in [5.41, 5.74) is 3.45. The standard InChI is InChI=1S/C30H37F2N7O/c1-20(2)39-21(3)37-30-25(31)15-24(16-27(30)39)29(26(32)18-33-4)36-19-35-28-7-6-23(17-34-28)14-22-8-11-38(12-9-22)10-5-13-40/h6-7,14-18,20,40H,4-5,8-13,19H2,1-3H3,(H,34,35)/b26-18+,36-29?. The van der Waals surface area contributed by atoms with Gasteiger partial charge in [0.1, 0.15) is 29.5 Å². The zero-order valence-corrected chi connectivity index (χ0v) is 23.4. The van der Waals surface area contributed by atoms with Crippen LogP contribution in [-0.4, -0.2) is 69.9 Å². The Morgan fingerprint density at radius 2 is 2.02 bits per heavy atom. The lowest BCUT2D eigenvalue weighted by molar-refractivity contribution is 0.215. The minimum Gasteiger partial charge on any atom is -0.396 e. The van der Waals surface area contributed by atoms with Crippen LogP contribution in [0.3, 0.4) is 0 Å². The predicted octanol–water partition coefficient (Wildman–Crippen LogP) is 5.69. The number of aromatic nitrogens is 3. The molecule has 8 nitrogen and oxygen atoms in total. The number of aliphatic imine (C=N–C) groups is 2. The van der Waals surface area contributed by atoms with E-state index in [1.807, 2.05) is 37.5 Å². The summed E-state index contributed by atoms with van der Waals surface area (Å²) in [5, 5.41) is 12.1. The smallest absolute Gasteiger partial charge is 0.167 e. The Morgan fingerprint density at radius 1 is 1.25 bits per heavy atom. The number of hydrogen-bond acceptors (Lipinski definition) is 7. The first-order valence-corrected chi connectivity index (χ1v) is 13.6. The molecule has 0 amide bonds. The van der Waals surface area contributed by atoms with E-state index < -0.39 is 11.6 Å². The zero-order valence-electron chi connectivity index (χ0n) is 23.4. The number of likely N-dealkylation sites (tertiary alicyclic amines) is 1. The Bertz CT molecular complexity index is 1410. The molecule has 0 unspecified atom stereocenters. The average molecular weight is 550 g/mol. The highest BCUT2D eigenvalue weighted by molar-refractivity contribution is 6.12. The number of fused-ring (bicyclic) bond motifs is 1. The van der Waals surface area contributed by atoms with Crippen LogP contribution in [-0.2, 0) is 0 Å². The van der Waals surface area contributed by atoms with Gasteiger partial charge in [0.25, 0.3) is 0 Å². The Kier molecular flexibility index (Phi) is 9.89. The molecule has 212 valence electrons. The number of aliphatic hydroxyl groups excluding tert-OH is 1. The van der Waals surface area contributed by atoms with Gasteiger partial charge in [0.2, 0.25) is 0 Å². The van der Waals surface area contributed by atoms with Gasteiger partial charge in [0.05, 0.1) is 11.7 Å². The van der Waals surface area contributed by atoms with E-state index in [9.17, 15) is 0 Å². The third-order valence-electron chi connectivity index (χ3n) is 6.93. The topological polar surface area (TPSA) is 90.9 Å². The first-order valence-electron chi connectivity index (χ1n) is 13.6. The summed E-state index contributed by atoms with van der Waals surface area (Å²) in [4.78, 5) is 19.1. The number of anilines is 1. The number of halogens is 2. The summed E-state index contributed by atoms with van der Waals surface area (Å²) >= 11 is 0. The van der Waals surface area contributed by atoms with Crippen molar-refractivity contribution in [2.24, 2.45) is 9.98 Å². The van der Waals surface area contributed by atoms with Gasteiger partial charge >= 0.3 is 0 Å². The van der Waals surface area contributed by atoms with Crippen LogP contribution in [0.15, 0.2) is 58.0 Å². The molecule has 0 spiro atoms. The molecule has 0 saturated carbocycles. The first-order chi connectivity index (χ1) is 19.3. The molecule has 0 atom stereocenters. The van der Waals surface area contributed by atoms with Crippen molar-refractivity contribution in [3.8, 4) is 0 Å². The highest BCUT2D eigenvalue weighted by Gasteiger charge is 2.19. The van der Waals surface area contributed by atoms with Crippen molar-refractivity contribution in [1.82, 2.24) is 19.4 Å². The molecule has 4 rings (SSSR count). The average Bonchev–Trinajstić information content (AvgIpc) is 3.28. The predicted molar refractivity (Wildman–Crippen MR) is 158 cm³/mol. The minimum absolute atomic E-state index is 0.0208. The number of imidazole rings is 1. The molecule has 0 bridgehead atoms. The van der Waals surface area contributed by atoms with Crippen LogP contribution >= 0.6 is 0 Å². The molecule has 0 aliphatic carbocycles. The highest BCUT2D eigenvalue weighted by Crippen LogP contribution is 2.26. The van der Waals surface area contributed by atoms with Crippen molar-refractivity contribution in [3.63, 3.8) is 0 Å². The van der Waals surface area contributed by atoms with E-state index in [-0.39, 0.29) is 36.1 Å². The van der Waals surface area contributed by atoms with Gasteiger partial charge in [-0.2, -0.15) is 0 Å². The molecule has 10 heteroatoms. The fourth-order valence-corrected chi connectivity index (χ4v) is 5.04. The van der Waals surface area contributed by atoms with Gasteiger partial charge in [-0.05, 0) is 76.6 Å². The number of rotatable bonds is 11. The maximum atomic E-state index is 15.0. The van der Waals surface area contributed by atoms with Crippen molar-refractivity contribution in [2.45, 2.75) is 46.1 Å². The van der Waals surface area contributed by atoms with Crippen molar-refractivity contribution in [3.05, 3.63) is 70.8 Å². The maximum absolute atomic E-state index is 15.0. The molecule has 1 aliphatic heterocycles. The lowest BCUT2D eigenvalue weighted by Crippen LogP contribution is -2.31. The number of hydrogen-bond donors (Lipinski definition) is 2. The molecule has 1 saturated heterocycles. The summed E-state index contributed by atoms with van der Waals surface area (Å²) in [6, 6.07) is 6.82. The molecule has 2 aromatic heterocycles. The Labute approximate surface area is 233 Å². The summed E-state index contributed by atoms with van der Waals surface area (Å²) in [6.45, 7) is 12.3.